The molecule has 7 nitrogen and oxygen atoms in total. The lowest BCUT2D eigenvalue weighted by Crippen LogP contribution is -2.23. The van der Waals surface area contributed by atoms with Crippen LogP contribution in [0.25, 0.3) is 11.3 Å². The minimum absolute atomic E-state index is 0.294. The zero-order chi connectivity index (χ0) is 28.2. The first-order valence-corrected chi connectivity index (χ1v) is 14.0. The maximum atomic E-state index is 12.9. The van der Waals surface area contributed by atoms with Gasteiger partial charge in [-0.15, -0.1) is 0 Å². The molecule has 0 radical (unpaired) electrons. The number of hydrogen-bond donors (Lipinski definition) is 1. The molecule has 10 heteroatoms. The number of anilines is 1. The smallest absolute Gasteiger partial charge is 0.313 e. The van der Waals surface area contributed by atoms with E-state index < -0.39 is 5.92 Å². The van der Waals surface area contributed by atoms with Crippen molar-refractivity contribution in [3.05, 3.63) is 98.4 Å². The van der Waals surface area contributed by atoms with Gasteiger partial charge in [-0.05, 0) is 83.9 Å². The summed E-state index contributed by atoms with van der Waals surface area (Å²) < 4.78 is 17.6. The number of nitrogens with zero attached hydrogens (tertiary/aromatic N) is 1. The van der Waals surface area contributed by atoms with E-state index in [2.05, 4.69) is 26.2 Å². The molecule has 1 N–H and O–H groups in total. The highest BCUT2D eigenvalue weighted by Crippen LogP contribution is 2.49. The topological polar surface area (TPSA) is 86.8 Å². The van der Waals surface area contributed by atoms with Gasteiger partial charge in [0.05, 0.1) is 29.8 Å². The number of benzene rings is 3. The first-order chi connectivity index (χ1) is 19.3. The molecular formula is C30H23BrCl2N2O5. The Bertz CT molecular complexity index is 1560. The number of fused-ring (bicyclic) bond motifs is 1. The van der Waals surface area contributed by atoms with Crippen molar-refractivity contribution in [1.82, 2.24) is 4.98 Å². The summed E-state index contributed by atoms with van der Waals surface area (Å²) in [7, 11) is 0. The Hall–Kier alpha value is -3.59. The lowest BCUT2D eigenvalue weighted by molar-refractivity contribution is -0.145. The van der Waals surface area contributed by atoms with Gasteiger partial charge in [0.2, 0.25) is 0 Å². The molecule has 0 aliphatic carbocycles. The summed E-state index contributed by atoms with van der Waals surface area (Å²) in [5.41, 5.74) is 2.66. The molecule has 0 spiro atoms. The van der Waals surface area contributed by atoms with Crippen molar-refractivity contribution in [2.45, 2.75) is 19.3 Å². The van der Waals surface area contributed by atoms with Crippen LogP contribution in [0.5, 0.6) is 17.2 Å². The Morgan fingerprint density at radius 1 is 1.07 bits per heavy atom. The number of halogens is 3. The Morgan fingerprint density at radius 2 is 1.82 bits per heavy atom. The van der Waals surface area contributed by atoms with E-state index in [4.69, 9.17) is 37.4 Å². The van der Waals surface area contributed by atoms with Crippen molar-refractivity contribution in [2.24, 2.45) is 0 Å². The number of hydrogen-bond acceptors (Lipinski definition) is 6. The number of ether oxygens (including phenoxy) is 3. The molecule has 0 fully saturated rings. The number of nitrogens with one attached hydrogen (secondary N) is 1. The van der Waals surface area contributed by atoms with Crippen molar-refractivity contribution in [3.8, 4) is 28.5 Å². The van der Waals surface area contributed by atoms with Crippen LogP contribution in [0.2, 0.25) is 10.0 Å². The number of amides is 1. The summed E-state index contributed by atoms with van der Waals surface area (Å²) in [5, 5.41) is 3.77. The van der Waals surface area contributed by atoms with Gasteiger partial charge in [0.1, 0.15) is 21.8 Å². The molecule has 5 rings (SSSR count). The number of pyridine rings is 1. The van der Waals surface area contributed by atoms with Crippen molar-refractivity contribution >= 4 is 56.8 Å². The molecular weight excluding hydrogens is 619 g/mol. The molecule has 0 bridgehead atoms. The Kier molecular flexibility index (Phi) is 8.59. The molecule has 1 amide bonds. The monoisotopic (exact) mass is 640 g/mol. The SMILES string of the molecule is CCOC(=O)C1CCOc2c1cc(Cl)c(Oc1ccc(C(=O)Nc3cccc(-c4ccc(Cl)cc4)n3)cc1)c2Br. The van der Waals surface area contributed by atoms with Crippen LogP contribution in [0.15, 0.2) is 77.3 Å². The predicted molar refractivity (Wildman–Crippen MR) is 158 cm³/mol. The van der Waals surface area contributed by atoms with Crippen LogP contribution in [-0.2, 0) is 9.53 Å². The average molecular weight is 642 g/mol. The fourth-order valence-electron chi connectivity index (χ4n) is 4.29. The highest BCUT2D eigenvalue weighted by atomic mass is 79.9. The summed E-state index contributed by atoms with van der Waals surface area (Å²) >= 11 is 16.1. The molecule has 1 unspecified atom stereocenters. The van der Waals surface area contributed by atoms with E-state index in [9.17, 15) is 9.59 Å². The molecule has 204 valence electrons. The van der Waals surface area contributed by atoms with Crippen LogP contribution >= 0.6 is 39.1 Å². The second-order valence-corrected chi connectivity index (χ2v) is 10.5. The molecule has 4 aromatic rings. The summed E-state index contributed by atoms with van der Waals surface area (Å²) in [6.45, 7) is 2.42. The Labute approximate surface area is 249 Å². The number of carbonyl (C=O) groups excluding carboxylic acids is 2. The van der Waals surface area contributed by atoms with Gasteiger partial charge in [-0.2, -0.15) is 0 Å². The fourth-order valence-corrected chi connectivity index (χ4v) is 5.42. The maximum Gasteiger partial charge on any atom is 0.313 e. The molecule has 2 heterocycles. The molecule has 40 heavy (non-hydrogen) atoms. The minimum Gasteiger partial charge on any atom is -0.492 e. The van der Waals surface area contributed by atoms with Gasteiger partial charge in [-0.3, -0.25) is 9.59 Å². The van der Waals surface area contributed by atoms with E-state index in [1.54, 1.807) is 55.5 Å². The second kappa shape index (κ2) is 12.3. The number of aromatic nitrogens is 1. The lowest BCUT2D eigenvalue weighted by Gasteiger charge is -2.26. The van der Waals surface area contributed by atoms with Gasteiger partial charge < -0.3 is 19.5 Å². The van der Waals surface area contributed by atoms with Crippen molar-refractivity contribution in [2.75, 3.05) is 18.5 Å². The van der Waals surface area contributed by atoms with Crippen LogP contribution in [0.3, 0.4) is 0 Å². The highest BCUT2D eigenvalue weighted by molar-refractivity contribution is 9.10. The summed E-state index contributed by atoms with van der Waals surface area (Å²) in [4.78, 5) is 29.9. The van der Waals surface area contributed by atoms with Crippen molar-refractivity contribution in [1.29, 1.82) is 0 Å². The third-order valence-electron chi connectivity index (χ3n) is 6.23. The molecule has 1 atom stereocenters. The normalized spacial score (nSPS) is 14.1. The van der Waals surface area contributed by atoms with E-state index in [0.717, 1.165) is 5.56 Å². The van der Waals surface area contributed by atoms with Gasteiger partial charge in [0, 0.05) is 21.7 Å². The van der Waals surface area contributed by atoms with Gasteiger partial charge in [-0.25, -0.2) is 4.98 Å². The molecule has 0 saturated carbocycles. The zero-order valence-corrected chi connectivity index (χ0v) is 24.3. The quantitative estimate of drug-likeness (QED) is 0.204. The average Bonchev–Trinajstić information content (AvgIpc) is 2.96. The third kappa shape index (κ3) is 6.09. The van der Waals surface area contributed by atoms with Crippen LogP contribution < -0.4 is 14.8 Å². The number of esters is 1. The third-order valence-corrected chi connectivity index (χ3v) is 7.48. The highest BCUT2D eigenvalue weighted by Gasteiger charge is 2.32. The summed E-state index contributed by atoms with van der Waals surface area (Å²) in [6, 6.07) is 21.0. The van der Waals surface area contributed by atoms with Gasteiger partial charge >= 0.3 is 5.97 Å². The maximum absolute atomic E-state index is 12.9. The minimum atomic E-state index is -0.467. The molecule has 3 aromatic carbocycles. The standard InChI is InChI=1S/C30H23BrCl2N2O5/c1-2-38-30(37)21-14-15-39-27-22(21)16-23(33)28(26(27)31)40-20-12-8-18(9-13-20)29(36)35-25-5-3-4-24(34-25)17-6-10-19(32)11-7-17/h3-13,16,21H,2,14-15H2,1H3,(H,34,35,36). The van der Waals surface area contributed by atoms with E-state index >= 15 is 0 Å². The van der Waals surface area contributed by atoms with E-state index in [-0.39, 0.29) is 11.9 Å². The second-order valence-electron chi connectivity index (χ2n) is 8.86. The summed E-state index contributed by atoms with van der Waals surface area (Å²) in [5.74, 6) is 0.607. The van der Waals surface area contributed by atoms with Crippen molar-refractivity contribution < 1.29 is 23.8 Å². The lowest BCUT2D eigenvalue weighted by atomic mass is 9.93. The molecule has 1 aliphatic rings. The van der Waals surface area contributed by atoms with Gasteiger partial charge in [-0.1, -0.05) is 41.4 Å². The van der Waals surface area contributed by atoms with Gasteiger partial charge in [0.25, 0.3) is 5.91 Å². The van der Waals surface area contributed by atoms with Crippen LogP contribution in [0, 0.1) is 0 Å². The van der Waals surface area contributed by atoms with Crippen molar-refractivity contribution in [3.63, 3.8) is 0 Å². The first kappa shape index (κ1) is 28.0. The largest absolute Gasteiger partial charge is 0.492 e. The van der Waals surface area contributed by atoms with E-state index in [1.165, 1.54) is 0 Å². The van der Waals surface area contributed by atoms with E-state index in [0.29, 0.717) is 74.0 Å². The zero-order valence-electron chi connectivity index (χ0n) is 21.2. The Morgan fingerprint density at radius 3 is 2.55 bits per heavy atom. The molecule has 1 aliphatic heterocycles. The summed E-state index contributed by atoms with van der Waals surface area (Å²) in [6.07, 6.45) is 0.499. The predicted octanol–water partition coefficient (Wildman–Crippen LogP) is 8.29. The van der Waals surface area contributed by atoms with E-state index in [1.807, 2.05) is 24.3 Å². The number of rotatable bonds is 7. The first-order valence-electron chi connectivity index (χ1n) is 12.5. The van der Waals surface area contributed by atoms with Crippen LogP contribution in [0.1, 0.15) is 35.2 Å². The molecule has 0 saturated heterocycles. The fraction of sp³-hybridized carbons (Fsp3) is 0.167. The number of carbonyl (C=O) groups is 2. The van der Waals surface area contributed by atoms with Crippen LogP contribution in [0.4, 0.5) is 5.82 Å². The molecule has 1 aromatic heterocycles. The van der Waals surface area contributed by atoms with Crippen LogP contribution in [-0.4, -0.2) is 30.1 Å². The Balaban J connectivity index is 1.30. The van der Waals surface area contributed by atoms with Gasteiger partial charge in [0.15, 0.2) is 5.75 Å².